The van der Waals surface area contributed by atoms with E-state index in [1.165, 1.54) is 0 Å². The predicted octanol–water partition coefficient (Wildman–Crippen LogP) is -2.14. The number of rotatable bonds is 0. The Kier molecular flexibility index (Phi) is 7.60. The molecule has 0 amide bonds. The summed E-state index contributed by atoms with van der Waals surface area (Å²) in [7, 11) is 0. The smallest absolute Gasteiger partial charge is 0.226 e. The van der Waals surface area contributed by atoms with E-state index in [-0.39, 0.29) is 77.0 Å². The number of nitrogens with two attached hydrogens (primary N) is 3. The van der Waals surface area contributed by atoms with E-state index in [2.05, 4.69) is 15.0 Å². The molecule has 0 atom stereocenters. The first-order chi connectivity index (χ1) is 4.18. The van der Waals surface area contributed by atoms with E-state index in [0.717, 1.165) is 0 Å². The first kappa shape index (κ1) is 14.0. The first-order valence-corrected chi connectivity index (χ1v) is 2.21. The molecule has 0 spiro atoms. The van der Waals surface area contributed by atoms with Gasteiger partial charge in [-0.15, -0.1) is 0 Å². The molecule has 50 valence electrons. The number of hydrogen-bond acceptors (Lipinski definition) is 6. The summed E-state index contributed by atoms with van der Waals surface area (Å²) in [5, 5.41) is 0. The van der Waals surface area contributed by atoms with Gasteiger partial charge in [0.25, 0.3) is 0 Å². The summed E-state index contributed by atoms with van der Waals surface area (Å²) in [5.41, 5.74) is 15.4. The zero-order chi connectivity index (χ0) is 6.85. The Morgan fingerprint density at radius 1 is 0.636 bits per heavy atom. The minimum atomic E-state index is 0. The van der Waals surface area contributed by atoms with Crippen molar-refractivity contribution in [1.82, 2.24) is 15.0 Å². The van der Waals surface area contributed by atoms with Crippen molar-refractivity contribution >= 4 is 77.0 Å². The van der Waals surface area contributed by atoms with Crippen molar-refractivity contribution in [3.8, 4) is 0 Å². The third-order valence-electron chi connectivity index (χ3n) is 0.687. The van der Waals surface area contributed by atoms with Gasteiger partial charge in [0.2, 0.25) is 17.8 Å². The maximum atomic E-state index is 5.14. The van der Waals surface area contributed by atoms with E-state index in [0.29, 0.717) is 0 Å². The summed E-state index contributed by atoms with van der Waals surface area (Å²) >= 11 is 0. The van der Waals surface area contributed by atoms with Crippen molar-refractivity contribution in [2.24, 2.45) is 0 Å². The van der Waals surface area contributed by atoms with Crippen molar-refractivity contribution < 1.29 is 0 Å². The Labute approximate surface area is 108 Å². The monoisotopic (exact) mass is 172 g/mol. The molecule has 0 saturated heterocycles. The van der Waals surface area contributed by atoms with E-state index in [9.17, 15) is 0 Å². The van der Waals surface area contributed by atoms with Crippen LogP contribution >= 0.6 is 0 Å². The first-order valence-electron chi connectivity index (χ1n) is 2.21. The standard InChI is InChI=1S/C3H6N6.2Na/c4-1-7-2(5)9-3(6)8-1;;/h(H6,4,5,6,7,8,9);;. The summed E-state index contributed by atoms with van der Waals surface area (Å²) in [6, 6.07) is 0. The van der Waals surface area contributed by atoms with Crippen LogP contribution in [0.4, 0.5) is 17.8 Å². The second-order valence-corrected chi connectivity index (χ2v) is 1.41. The van der Waals surface area contributed by atoms with E-state index in [4.69, 9.17) is 17.2 Å². The van der Waals surface area contributed by atoms with Crippen LogP contribution in [0.15, 0.2) is 0 Å². The van der Waals surface area contributed by atoms with Crippen molar-refractivity contribution in [3.63, 3.8) is 0 Å². The zero-order valence-electron chi connectivity index (χ0n) is 6.57. The van der Waals surface area contributed by atoms with Crippen LogP contribution in [-0.4, -0.2) is 74.1 Å². The van der Waals surface area contributed by atoms with Gasteiger partial charge in [-0.3, -0.25) is 0 Å². The van der Waals surface area contributed by atoms with Crippen LogP contribution in [0.25, 0.3) is 0 Å². The minimum Gasteiger partial charge on any atom is -0.368 e. The molecule has 6 N–H and O–H groups in total. The maximum Gasteiger partial charge on any atom is 0.226 e. The number of hydrogen-bond donors (Lipinski definition) is 3. The molecule has 0 fully saturated rings. The van der Waals surface area contributed by atoms with Crippen LogP contribution in [0.2, 0.25) is 0 Å². The van der Waals surface area contributed by atoms with Gasteiger partial charge < -0.3 is 17.2 Å². The van der Waals surface area contributed by atoms with Gasteiger partial charge in [-0.2, -0.15) is 15.0 Å². The van der Waals surface area contributed by atoms with Gasteiger partial charge in [-0.05, 0) is 0 Å². The largest absolute Gasteiger partial charge is 0.368 e. The number of anilines is 3. The molecule has 6 nitrogen and oxygen atoms in total. The Morgan fingerprint density at radius 2 is 0.818 bits per heavy atom. The minimum absolute atomic E-state index is 0. The van der Waals surface area contributed by atoms with Crippen LogP contribution in [0.5, 0.6) is 0 Å². The molecular formula is C3H6N6Na2. The summed E-state index contributed by atoms with van der Waals surface area (Å²) in [6.45, 7) is 0. The average molecular weight is 172 g/mol. The van der Waals surface area contributed by atoms with E-state index in [1.807, 2.05) is 0 Å². The summed E-state index contributed by atoms with van der Waals surface area (Å²) in [5.74, 6) is 0.125. The average Bonchev–Trinajstić information content (AvgIpc) is 1.59. The molecular weight excluding hydrogens is 166 g/mol. The molecule has 8 heteroatoms. The summed E-state index contributed by atoms with van der Waals surface area (Å²) in [4.78, 5) is 10.5. The molecule has 0 bridgehead atoms. The van der Waals surface area contributed by atoms with Gasteiger partial charge in [0, 0.05) is 59.1 Å². The van der Waals surface area contributed by atoms with Crippen molar-refractivity contribution in [1.29, 1.82) is 0 Å². The maximum absolute atomic E-state index is 5.14. The predicted molar refractivity (Wildman–Crippen MR) is 44.6 cm³/mol. The quantitative estimate of drug-likeness (QED) is 0.384. The molecule has 0 saturated carbocycles. The topological polar surface area (TPSA) is 117 Å². The fourth-order valence-corrected chi connectivity index (χ4v) is 0.427. The molecule has 1 aromatic heterocycles. The zero-order valence-corrected chi connectivity index (χ0v) is 10.6. The van der Waals surface area contributed by atoms with E-state index >= 15 is 0 Å². The van der Waals surface area contributed by atoms with E-state index in [1.54, 1.807) is 0 Å². The van der Waals surface area contributed by atoms with Gasteiger partial charge in [-0.1, -0.05) is 0 Å². The fraction of sp³-hybridized carbons (Fsp3) is 0. The fourth-order valence-electron chi connectivity index (χ4n) is 0.427. The molecule has 1 rings (SSSR count). The second-order valence-electron chi connectivity index (χ2n) is 1.41. The van der Waals surface area contributed by atoms with Crippen molar-refractivity contribution in [2.45, 2.75) is 0 Å². The third-order valence-corrected chi connectivity index (χ3v) is 0.687. The van der Waals surface area contributed by atoms with Gasteiger partial charge in [0.15, 0.2) is 0 Å². The van der Waals surface area contributed by atoms with Crippen LogP contribution in [0.3, 0.4) is 0 Å². The molecule has 0 aliphatic heterocycles. The van der Waals surface area contributed by atoms with Crippen LogP contribution < -0.4 is 17.2 Å². The van der Waals surface area contributed by atoms with Crippen molar-refractivity contribution in [2.75, 3.05) is 17.2 Å². The molecule has 2 radical (unpaired) electrons. The van der Waals surface area contributed by atoms with Gasteiger partial charge in [0.05, 0.1) is 0 Å². The van der Waals surface area contributed by atoms with Gasteiger partial charge >= 0.3 is 0 Å². The normalized spacial score (nSPS) is 7.64. The number of nitrogen functional groups attached to an aromatic ring is 3. The van der Waals surface area contributed by atoms with Crippen LogP contribution in [0.1, 0.15) is 0 Å². The molecule has 1 aromatic rings. The molecule has 0 unspecified atom stereocenters. The molecule has 1 heterocycles. The molecule has 0 aliphatic carbocycles. The number of aromatic nitrogens is 3. The third kappa shape index (κ3) is 4.78. The van der Waals surface area contributed by atoms with Gasteiger partial charge in [-0.25, -0.2) is 0 Å². The molecule has 11 heavy (non-hydrogen) atoms. The Bertz CT molecular complexity index is 177. The summed E-state index contributed by atoms with van der Waals surface area (Å²) < 4.78 is 0. The Hall–Kier alpha value is 0.410. The molecule has 0 aromatic carbocycles. The van der Waals surface area contributed by atoms with Crippen molar-refractivity contribution in [3.05, 3.63) is 0 Å². The summed E-state index contributed by atoms with van der Waals surface area (Å²) in [6.07, 6.45) is 0. The Morgan fingerprint density at radius 3 is 1.00 bits per heavy atom. The molecule has 0 aliphatic rings. The Balaban J connectivity index is 0. The van der Waals surface area contributed by atoms with Crippen LogP contribution in [-0.2, 0) is 0 Å². The van der Waals surface area contributed by atoms with E-state index < -0.39 is 0 Å². The SMILES string of the molecule is Nc1nc(N)nc(N)n1.[Na].[Na]. The van der Waals surface area contributed by atoms with Crippen LogP contribution in [0, 0.1) is 0 Å². The number of nitrogens with zero attached hydrogens (tertiary/aromatic N) is 3. The van der Waals surface area contributed by atoms with Gasteiger partial charge in [0.1, 0.15) is 0 Å². The second kappa shape index (κ2) is 5.99.